The van der Waals surface area contributed by atoms with Gasteiger partial charge >= 0.3 is 0 Å². The summed E-state index contributed by atoms with van der Waals surface area (Å²) in [7, 11) is 0. The van der Waals surface area contributed by atoms with Crippen LogP contribution >= 0.6 is 11.8 Å². The number of nitrogens with one attached hydrogen (secondary N) is 2. The first-order chi connectivity index (χ1) is 12.6. The SMILES string of the molecule is CCCCCOc1ccc(/C=N/NC(=O)c2cc(=O)[nH]c(SC)n2)cc1. The van der Waals surface area contributed by atoms with Crippen LogP contribution in [0, 0.1) is 0 Å². The number of carbonyl (C=O) groups is 1. The topological polar surface area (TPSA) is 96.4 Å². The summed E-state index contributed by atoms with van der Waals surface area (Å²) >= 11 is 1.25. The van der Waals surface area contributed by atoms with Gasteiger partial charge in [0.15, 0.2) is 5.16 Å². The van der Waals surface area contributed by atoms with E-state index in [0.717, 1.165) is 36.6 Å². The Morgan fingerprint density at radius 1 is 1.35 bits per heavy atom. The number of carbonyl (C=O) groups excluding carboxylic acids is 1. The van der Waals surface area contributed by atoms with Crippen molar-refractivity contribution in [1.82, 2.24) is 15.4 Å². The minimum atomic E-state index is -0.543. The number of aromatic nitrogens is 2. The smallest absolute Gasteiger partial charge is 0.290 e. The Balaban J connectivity index is 1.88. The predicted octanol–water partition coefficient (Wildman–Crippen LogP) is 2.82. The Hall–Kier alpha value is -2.61. The van der Waals surface area contributed by atoms with Crippen molar-refractivity contribution in [3.63, 3.8) is 0 Å². The van der Waals surface area contributed by atoms with Crippen LogP contribution in [0.3, 0.4) is 0 Å². The lowest BCUT2D eigenvalue weighted by Crippen LogP contribution is -2.22. The summed E-state index contributed by atoms with van der Waals surface area (Å²) in [6.07, 6.45) is 6.64. The summed E-state index contributed by atoms with van der Waals surface area (Å²) in [6, 6.07) is 8.55. The molecule has 2 N–H and O–H groups in total. The van der Waals surface area contributed by atoms with Crippen molar-refractivity contribution >= 4 is 23.9 Å². The maximum absolute atomic E-state index is 12.0. The number of H-pyrrole nitrogens is 1. The average molecular weight is 374 g/mol. The van der Waals surface area contributed by atoms with E-state index < -0.39 is 5.91 Å². The van der Waals surface area contributed by atoms with Gasteiger partial charge in [-0.1, -0.05) is 31.5 Å². The second-order valence-electron chi connectivity index (χ2n) is 5.46. The maximum Gasteiger partial charge on any atom is 0.290 e. The molecule has 2 aromatic rings. The van der Waals surface area contributed by atoms with Gasteiger partial charge in [-0.3, -0.25) is 9.59 Å². The molecular weight excluding hydrogens is 352 g/mol. The van der Waals surface area contributed by atoms with E-state index in [0.29, 0.717) is 11.8 Å². The molecule has 0 unspecified atom stereocenters. The molecular formula is C18H22N4O3S. The first kappa shape index (κ1) is 19.7. The number of amides is 1. The predicted molar refractivity (Wildman–Crippen MR) is 103 cm³/mol. The van der Waals surface area contributed by atoms with Crippen LogP contribution < -0.4 is 15.7 Å². The summed E-state index contributed by atoms with van der Waals surface area (Å²) in [6.45, 7) is 2.86. The third-order valence-corrected chi connectivity index (χ3v) is 4.00. The van der Waals surface area contributed by atoms with Crippen molar-refractivity contribution in [3.8, 4) is 5.75 Å². The molecule has 0 aliphatic rings. The zero-order valence-corrected chi connectivity index (χ0v) is 15.6. The lowest BCUT2D eigenvalue weighted by molar-refractivity contribution is 0.0949. The number of hydrogen-bond acceptors (Lipinski definition) is 6. The molecule has 7 nitrogen and oxygen atoms in total. The number of nitrogens with zero attached hydrogens (tertiary/aromatic N) is 2. The summed E-state index contributed by atoms with van der Waals surface area (Å²) < 4.78 is 5.64. The molecule has 1 amide bonds. The van der Waals surface area contributed by atoms with Gasteiger partial charge in [0.25, 0.3) is 11.5 Å². The number of aromatic amines is 1. The van der Waals surface area contributed by atoms with Gasteiger partial charge in [-0.05, 0) is 42.5 Å². The number of benzene rings is 1. The van der Waals surface area contributed by atoms with Gasteiger partial charge in [0, 0.05) is 6.07 Å². The van der Waals surface area contributed by atoms with Crippen LogP contribution in [0.2, 0.25) is 0 Å². The average Bonchev–Trinajstić information content (AvgIpc) is 2.65. The van der Waals surface area contributed by atoms with E-state index >= 15 is 0 Å². The van der Waals surface area contributed by atoms with E-state index in [4.69, 9.17) is 4.74 Å². The molecule has 0 saturated carbocycles. The number of ether oxygens (including phenoxy) is 1. The molecule has 0 fully saturated rings. The summed E-state index contributed by atoms with van der Waals surface area (Å²) in [5.74, 6) is 0.262. The van der Waals surface area contributed by atoms with E-state index in [9.17, 15) is 9.59 Å². The van der Waals surface area contributed by atoms with Crippen LogP contribution in [0.4, 0.5) is 0 Å². The number of thioether (sulfide) groups is 1. The molecule has 1 heterocycles. The highest BCUT2D eigenvalue weighted by atomic mass is 32.2. The lowest BCUT2D eigenvalue weighted by atomic mass is 10.2. The first-order valence-corrected chi connectivity index (χ1v) is 9.56. The molecule has 2 rings (SSSR count). The second-order valence-corrected chi connectivity index (χ2v) is 6.26. The Morgan fingerprint density at radius 2 is 2.12 bits per heavy atom. The molecule has 1 aromatic heterocycles. The van der Waals surface area contributed by atoms with Crippen molar-refractivity contribution < 1.29 is 9.53 Å². The van der Waals surface area contributed by atoms with Crippen LogP contribution in [0.25, 0.3) is 0 Å². The van der Waals surface area contributed by atoms with Crippen molar-refractivity contribution in [3.05, 3.63) is 51.9 Å². The number of rotatable bonds is 9. The van der Waals surface area contributed by atoms with E-state index in [1.54, 1.807) is 6.26 Å². The molecule has 0 radical (unpaired) electrons. The Bertz CT molecular complexity index is 803. The second kappa shape index (κ2) is 10.4. The molecule has 1 aromatic carbocycles. The minimum Gasteiger partial charge on any atom is -0.494 e. The van der Waals surface area contributed by atoms with Gasteiger partial charge in [0.05, 0.1) is 12.8 Å². The third-order valence-electron chi connectivity index (χ3n) is 3.42. The van der Waals surface area contributed by atoms with Gasteiger partial charge in [0.2, 0.25) is 0 Å². The van der Waals surface area contributed by atoms with E-state index in [2.05, 4.69) is 27.4 Å². The zero-order chi connectivity index (χ0) is 18.8. The highest BCUT2D eigenvalue weighted by Gasteiger charge is 2.08. The highest BCUT2D eigenvalue weighted by Crippen LogP contribution is 2.12. The molecule has 8 heteroatoms. The summed E-state index contributed by atoms with van der Waals surface area (Å²) in [5.41, 5.74) is 2.82. The monoisotopic (exact) mass is 374 g/mol. The molecule has 138 valence electrons. The standard InChI is InChI=1S/C18H22N4O3S/c1-3-4-5-10-25-14-8-6-13(7-9-14)12-19-22-17(24)15-11-16(23)21-18(20-15)26-2/h6-9,11-12H,3-5,10H2,1-2H3,(H,22,24)(H,20,21,23)/b19-12+. The van der Waals surface area contributed by atoms with Crippen molar-refractivity contribution in [2.75, 3.05) is 12.9 Å². The van der Waals surface area contributed by atoms with Crippen LogP contribution in [0.1, 0.15) is 42.2 Å². The van der Waals surface area contributed by atoms with Crippen molar-refractivity contribution in [2.45, 2.75) is 31.3 Å². The quantitative estimate of drug-likeness (QED) is 0.231. The van der Waals surface area contributed by atoms with Gasteiger partial charge in [-0.2, -0.15) is 5.10 Å². The Labute approximate surface area is 156 Å². The highest BCUT2D eigenvalue weighted by molar-refractivity contribution is 7.98. The van der Waals surface area contributed by atoms with E-state index in [-0.39, 0.29) is 11.3 Å². The van der Waals surface area contributed by atoms with E-state index in [1.807, 2.05) is 24.3 Å². The lowest BCUT2D eigenvalue weighted by Gasteiger charge is -2.05. The van der Waals surface area contributed by atoms with Gasteiger partial charge in [-0.15, -0.1) is 0 Å². The Kier molecular flexibility index (Phi) is 7.88. The summed E-state index contributed by atoms with van der Waals surface area (Å²) in [5, 5.41) is 4.27. The molecule has 0 aliphatic heterocycles. The largest absolute Gasteiger partial charge is 0.494 e. The van der Waals surface area contributed by atoms with Crippen LogP contribution in [0.15, 0.2) is 45.4 Å². The Morgan fingerprint density at radius 3 is 2.81 bits per heavy atom. The number of unbranched alkanes of at least 4 members (excludes halogenated alkanes) is 2. The molecule has 26 heavy (non-hydrogen) atoms. The van der Waals surface area contributed by atoms with Gasteiger partial charge in [-0.25, -0.2) is 10.4 Å². The normalized spacial score (nSPS) is 10.8. The van der Waals surface area contributed by atoms with Crippen molar-refractivity contribution in [1.29, 1.82) is 0 Å². The van der Waals surface area contributed by atoms with Crippen molar-refractivity contribution in [2.24, 2.45) is 5.10 Å². The van der Waals surface area contributed by atoms with Gasteiger partial charge in [0.1, 0.15) is 11.4 Å². The summed E-state index contributed by atoms with van der Waals surface area (Å²) in [4.78, 5) is 30.0. The third kappa shape index (κ3) is 6.36. The zero-order valence-electron chi connectivity index (χ0n) is 14.8. The fourth-order valence-corrected chi connectivity index (χ4v) is 2.46. The van der Waals surface area contributed by atoms with Crippen LogP contribution in [-0.2, 0) is 0 Å². The number of hydrazone groups is 1. The fraction of sp³-hybridized carbons (Fsp3) is 0.333. The van der Waals surface area contributed by atoms with Crippen LogP contribution in [0.5, 0.6) is 5.75 Å². The fourth-order valence-electron chi connectivity index (χ4n) is 2.06. The molecule has 0 atom stereocenters. The minimum absolute atomic E-state index is 0.0195. The van der Waals surface area contributed by atoms with Gasteiger partial charge < -0.3 is 9.72 Å². The number of hydrogen-bond donors (Lipinski definition) is 2. The first-order valence-electron chi connectivity index (χ1n) is 8.34. The molecule has 0 bridgehead atoms. The molecule has 0 spiro atoms. The molecule has 0 aliphatic carbocycles. The van der Waals surface area contributed by atoms with E-state index in [1.165, 1.54) is 18.0 Å². The molecule has 0 saturated heterocycles. The van der Waals surface area contributed by atoms with Crippen LogP contribution in [-0.4, -0.2) is 35.0 Å². The maximum atomic E-state index is 12.0.